The van der Waals surface area contributed by atoms with Crippen LogP contribution in [0.25, 0.3) is 0 Å². The maximum Gasteiger partial charge on any atom is 0.133 e. The Kier molecular flexibility index (Phi) is 4.50. The lowest BCUT2D eigenvalue weighted by Crippen LogP contribution is -1.99. The van der Waals surface area contributed by atoms with Crippen molar-refractivity contribution < 1.29 is 9.47 Å². The Morgan fingerprint density at radius 3 is 2.61 bits per heavy atom. The molecular formula is C14H12BrClO2. The lowest BCUT2D eigenvalue weighted by Gasteiger charge is -2.11. The van der Waals surface area contributed by atoms with Crippen LogP contribution in [-0.4, -0.2) is 7.11 Å². The van der Waals surface area contributed by atoms with E-state index in [0.717, 1.165) is 21.5 Å². The summed E-state index contributed by atoms with van der Waals surface area (Å²) in [5, 5.41) is 0.668. The third-order valence-electron chi connectivity index (χ3n) is 2.46. The van der Waals surface area contributed by atoms with E-state index in [1.807, 2.05) is 36.4 Å². The summed E-state index contributed by atoms with van der Waals surface area (Å²) in [5.74, 6) is 1.56. The molecule has 0 heterocycles. The monoisotopic (exact) mass is 326 g/mol. The molecule has 0 aliphatic heterocycles. The van der Waals surface area contributed by atoms with Crippen molar-refractivity contribution in [3.63, 3.8) is 0 Å². The molecule has 0 radical (unpaired) electrons. The third-order valence-corrected chi connectivity index (χ3v) is 3.35. The molecule has 2 aromatic carbocycles. The van der Waals surface area contributed by atoms with Crippen molar-refractivity contribution in [1.82, 2.24) is 0 Å². The molecule has 0 aliphatic carbocycles. The topological polar surface area (TPSA) is 18.5 Å². The molecule has 0 amide bonds. The Labute approximate surface area is 120 Å². The largest absolute Gasteiger partial charge is 0.496 e. The van der Waals surface area contributed by atoms with Crippen molar-refractivity contribution in [2.45, 2.75) is 6.61 Å². The molecule has 0 aromatic heterocycles. The Bertz CT molecular complexity index is 543. The highest BCUT2D eigenvalue weighted by Crippen LogP contribution is 2.27. The first-order valence-electron chi connectivity index (χ1n) is 5.40. The van der Waals surface area contributed by atoms with Gasteiger partial charge in [0, 0.05) is 10.6 Å². The Balaban J connectivity index is 2.15. The van der Waals surface area contributed by atoms with Crippen molar-refractivity contribution in [2.24, 2.45) is 0 Å². The van der Waals surface area contributed by atoms with E-state index in [1.54, 1.807) is 13.2 Å². The Morgan fingerprint density at radius 2 is 1.89 bits per heavy atom. The van der Waals surface area contributed by atoms with Gasteiger partial charge < -0.3 is 9.47 Å². The smallest absolute Gasteiger partial charge is 0.133 e. The number of halogens is 2. The van der Waals surface area contributed by atoms with Gasteiger partial charge in [-0.3, -0.25) is 0 Å². The first kappa shape index (κ1) is 13.2. The van der Waals surface area contributed by atoms with Crippen LogP contribution < -0.4 is 9.47 Å². The van der Waals surface area contributed by atoms with E-state index in [-0.39, 0.29) is 0 Å². The van der Waals surface area contributed by atoms with Crippen molar-refractivity contribution >= 4 is 27.5 Å². The van der Waals surface area contributed by atoms with Crippen molar-refractivity contribution in [3.05, 3.63) is 57.5 Å². The van der Waals surface area contributed by atoms with Crippen LogP contribution in [-0.2, 0) is 6.61 Å². The van der Waals surface area contributed by atoms with E-state index in [0.29, 0.717) is 11.6 Å². The molecule has 2 rings (SSSR count). The average molecular weight is 328 g/mol. The van der Waals surface area contributed by atoms with Crippen LogP contribution in [0, 0.1) is 0 Å². The minimum absolute atomic E-state index is 0.409. The Hall–Kier alpha value is -1.19. The van der Waals surface area contributed by atoms with E-state index >= 15 is 0 Å². The predicted molar refractivity (Wildman–Crippen MR) is 76.5 cm³/mol. The maximum atomic E-state index is 5.97. The summed E-state index contributed by atoms with van der Waals surface area (Å²) in [7, 11) is 1.63. The lowest BCUT2D eigenvalue weighted by atomic mass is 10.2. The molecule has 0 saturated carbocycles. The number of methoxy groups -OCH3 is 1. The van der Waals surface area contributed by atoms with Gasteiger partial charge in [0.2, 0.25) is 0 Å². The summed E-state index contributed by atoms with van der Waals surface area (Å²) >= 11 is 9.40. The molecule has 0 bridgehead atoms. The van der Waals surface area contributed by atoms with E-state index in [1.165, 1.54) is 0 Å². The number of hydrogen-bond acceptors (Lipinski definition) is 2. The Morgan fingerprint density at radius 1 is 1.11 bits per heavy atom. The average Bonchev–Trinajstić information content (AvgIpc) is 2.38. The highest BCUT2D eigenvalue weighted by Gasteiger charge is 2.06. The standard InChI is InChI=1S/C14H12BrClO2/c1-17-13-7-6-11(16)8-10(13)9-18-14-5-3-2-4-12(14)15/h2-8H,9H2,1H3. The van der Waals surface area contributed by atoms with Gasteiger partial charge in [-0.05, 0) is 46.3 Å². The van der Waals surface area contributed by atoms with Gasteiger partial charge >= 0.3 is 0 Å². The molecule has 0 aliphatic rings. The zero-order chi connectivity index (χ0) is 13.0. The van der Waals surface area contributed by atoms with Crippen LogP contribution in [0.1, 0.15) is 5.56 Å². The summed E-state index contributed by atoms with van der Waals surface area (Å²) in [5.41, 5.74) is 0.917. The molecule has 0 saturated heterocycles. The molecule has 4 heteroatoms. The van der Waals surface area contributed by atoms with Gasteiger partial charge in [-0.15, -0.1) is 0 Å². The summed E-state index contributed by atoms with van der Waals surface area (Å²) in [6.45, 7) is 0.409. The van der Waals surface area contributed by atoms with Crippen LogP contribution in [0.4, 0.5) is 0 Å². The van der Waals surface area contributed by atoms with E-state index in [4.69, 9.17) is 21.1 Å². The molecule has 18 heavy (non-hydrogen) atoms. The normalized spacial score (nSPS) is 10.2. The van der Waals surface area contributed by atoms with Crippen LogP contribution in [0.15, 0.2) is 46.9 Å². The molecule has 0 spiro atoms. The third kappa shape index (κ3) is 3.18. The number of ether oxygens (including phenoxy) is 2. The van der Waals surface area contributed by atoms with Crippen molar-refractivity contribution in [2.75, 3.05) is 7.11 Å². The number of rotatable bonds is 4. The second-order valence-electron chi connectivity index (χ2n) is 3.68. The fourth-order valence-corrected chi connectivity index (χ4v) is 2.17. The zero-order valence-corrected chi connectivity index (χ0v) is 12.2. The number of para-hydroxylation sites is 1. The fourth-order valence-electron chi connectivity index (χ4n) is 1.58. The number of benzene rings is 2. The summed E-state index contributed by atoms with van der Waals surface area (Å²) < 4.78 is 11.9. The van der Waals surface area contributed by atoms with Crippen LogP contribution in [0.2, 0.25) is 5.02 Å². The van der Waals surface area contributed by atoms with Crippen LogP contribution in [0.5, 0.6) is 11.5 Å². The van der Waals surface area contributed by atoms with Gasteiger partial charge in [-0.2, -0.15) is 0 Å². The molecule has 0 fully saturated rings. The molecule has 0 atom stereocenters. The minimum atomic E-state index is 0.409. The molecule has 0 unspecified atom stereocenters. The second-order valence-corrected chi connectivity index (χ2v) is 4.97. The van der Waals surface area contributed by atoms with Crippen molar-refractivity contribution in [1.29, 1.82) is 0 Å². The second kappa shape index (κ2) is 6.12. The molecule has 2 aromatic rings. The minimum Gasteiger partial charge on any atom is -0.496 e. The molecule has 94 valence electrons. The SMILES string of the molecule is COc1ccc(Cl)cc1COc1ccccc1Br. The summed E-state index contributed by atoms with van der Waals surface area (Å²) in [6.07, 6.45) is 0. The van der Waals surface area contributed by atoms with E-state index < -0.39 is 0 Å². The molecular weight excluding hydrogens is 316 g/mol. The van der Waals surface area contributed by atoms with Gasteiger partial charge in [0.05, 0.1) is 11.6 Å². The first-order valence-corrected chi connectivity index (χ1v) is 6.57. The van der Waals surface area contributed by atoms with Gasteiger partial charge in [-0.1, -0.05) is 23.7 Å². The quantitative estimate of drug-likeness (QED) is 0.811. The van der Waals surface area contributed by atoms with Gasteiger partial charge in [0.25, 0.3) is 0 Å². The van der Waals surface area contributed by atoms with Crippen molar-refractivity contribution in [3.8, 4) is 11.5 Å². The van der Waals surface area contributed by atoms with Crippen LogP contribution >= 0.6 is 27.5 Å². The predicted octanol–water partition coefficient (Wildman–Crippen LogP) is 4.69. The van der Waals surface area contributed by atoms with E-state index in [9.17, 15) is 0 Å². The number of hydrogen-bond donors (Lipinski definition) is 0. The van der Waals surface area contributed by atoms with Gasteiger partial charge in [0.1, 0.15) is 18.1 Å². The summed E-state index contributed by atoms with van der Waals surface area (Å²) in [4.78, 5) is 0. The highest BCUT2D eigenvalue weighted by molar-refractivity contribution is 9.10. The zero-order valence-electron chi connectivity index (χ0n) is 9.82. The highest BCUT2D eigenvalue weighted by atomic mass is 79.9. The van der Waals surface area contributed by atoms with Crippen LogP contribution in [0.3, 0.4) is 0 Å². The molecule has 2 nitrogen and oxygen atoms in total. The van der Waals surface area contributed by atoms with Gasteiger partial charge in [-0.25, -0.2) is 0 Å². The van der Waals surface area contributed by atoms with Gasteiger partial charge in [0.15, 0.2) is 0 Å². The maximum absolute atomic E-state index is 5.97. The first-order chi connectivity index (χ1) is 8.70. The molecule has 0 N–H and O–H groups in total. The summed E-state index contributed by atoms with van der Waals surface area (Å²) in [6, 6.07) is 13.2. The fraction of sp³-hybridized carbons (Fsp3) is 0.143. The van der Waals surface area contributed by atoms with E-state index in [2.05, 4.69) is 15.9 Å². The lowest BCUT2D eigenvalue weighted by molar-refractivity contribution is 0.295.